The largest absolute Gasteiger partial charge is 0.311 e. The van der Waals surface area contributed by atoms with Crippen molar-refractivity contribution < 1.29 is 4.79 Å². The van der Waals surface area contributed by atoms with Gasteiger partial charge in [-0.05, 0) is 24.0 Å². The molecule has 1 heterocycles. The Morgan fingerprint density at radius 2 is 1.75 bits per heavy atom. The van der Waals surface area contributed by atoms with Crippen LogP contribution < -0.4 is 5.32 Å². The molecule has 2 rings (SSSR count). The monoisotopic (exact) mass is 327 g/mol. The number of amides is 1. The second kappa shape index (κ2) is 6.42. The van der Waals surface area contributed by atoms with Crippen LogP contribution in [0, 0.1) is 12.3 Å². The summed E-state index contributed by atoms with van der Waals surface area (Å²) in [5.74, 6) is 0.737. The van der Waals surface area contributed by atoms with Crippen molar-refractivity contribution in [1.29, 1.82) is 0 Å². The van der Waals surface area contributed by atoms with E-state index in [2.05, 4.69) is 59.8 Å². The Kier molecular flexibility index (Phi) is 4.88. The second-order valence-corrected chi connectivity index (χ2v) is 8.65. The average Bonchev–Trinajstić information content (AvgIpc) is 2.80. The highest BCUT2D eigenvalue weighted by Crippen LogP contribution is 2.28. The molecule has 1 aromatic carbocycles. The van der Waals surface area contributed by atoms with E-state index in [1.165, 1.54) is 0 Å². The van der Waals surface area contributed by atoms with Gasteiger partial charge in [0.15, 0.2) is 0 Å². The Labute approximate surface area is 145 Å². The molecule has 1 aromatic heterocycles. The quantitative estimate of drug-likeness (QED) is 0.875. The highest BCUT2D eigenvalue weighted by atomic mass is 16.1. The van der Waals surface area contributed by atoms with Crippen LogP contribution in [-0.2, 0) is 10.2 Å². The van der Waals surface area contributed by atoms with E-state index in [-0.39, 0.29) is 16.7 Å². The van der Waals surface area contributed by atoms with Crippen molar-refractivity contribution in [3.05, 3.63) is 41.6 Å². The second-order valence-electron chi connectivity index (χ2n) is 8.65. The van der Waals surface area contributed by atoms with Crippen molar-refractivity contribution in [2.24, 2.45) is 5.41 Å². The van der Waals surface area contributed by atoms with Gasteiger partial charge in [-0.15, -0.1) is 0 Å². The van der Waals surface area contributed by atoms with Gasteiger partial charge in [0.25, 0.3) is 0 Å². The van der Waals surface area contributed by atoms with E-state index in [0.29, 0.717) is 6.42 Å². The van der Waals surface area contributed by atoms with Gasteiger partial charge in [-0.1, -0.05) is 59.7 Å². The van der Waals surface area contributed by atoms with Gasteiger partial charge in [-0.2, -0.15) is 5.10 Å². The highest BCUT2D eigenvalue weighted by molar-refractivity contribution is 5.90. The van der Waals surface area contributed by atoms with E-state index < -0.39 is 0 Å². The molecule has 0 unspecified atom stereocenters. The fraction of sp³-hybridized carbons (Fsp3) is 0.500. The van der Waals surface area contributed by atoms with Crippen LogP contribution in [0.15, 0.2) is 30.3 Å². The lowest BCUT2D eigenvalue weighted by Crippen LogP contribution is -2.21. The standard InChI is InChI=1S/C20H29N3O/c1-14-10-8-9-11-15(14)23-17(12-16(22-23)20(5,6)7)21-18(24)13-19(2,3)4/h8-12H,13H2,1-7H3,(H,21,24). The first-order chi connectivity index (χ1) is 11.0. The van der Waals surface area contributed by atoms with Crippen LogP contribution in [0.4, 0.5) is 5.82 Å². The minimum atomic E-state index is -0.0859. The smallest absolute Gasteiger partial charge is 0.226 e. The van der Waals surface area contributed by atoms with Gasteiger partial charge in [-0.25, -0.2) is 4.68 Å². The molecule has 0 bridgehead atoms. The lowest BCUT2D eigenvalue weighted by atomic mass is 9.91. The summed E-state index contributed by atoms with van der Waals surface area (Å²) < 4.78 is 1.84. The van der Waals surface area contributed by atoms with Crippen LogP contribution in [0.3, 0.4) is 0 Å². The van der Waals surface area contributed by atoms with E-state index in [4.69, 9.17) is 5.10 Å². The fourth-order valence-corrected chi connectivity index (χ4v) is 2.49. The molecule has 0 fully saturated rings. The third-order valence-corrected chi connectivity index (χ3v) is 3.78. The summed E-state index contributed by atoms with van der Waals surface area (Å²) in [6, 6.07) is 10.0. The van der Waals surface area contributed by atoms with Gasteiger partial charge in [0.1, 0.15) is 5.82 Å². The molecule has 0 spiro atoms. The van der Waals surface area contributed by atoms with Crippen LogP contribution in [0.25, 0.3) is 5.69 Å². The molecule has 0 aliphatic heterocycles. The van der Waals surface area contributed by atoms with E-state index in [0.717, 1.165) is 22.8 Å². The molecule has 0 radical (unpaired) electrons. The summed E-state index contributed by atoms with van der Waals surface area (Å²) in [7, 11) is 0. The number of hydrogen-bond acceptors (Lipinski definition) is 2. The molecular weight excluding hydrogens is 298 g/mol. The summed E-state index contributed by atoms with van der Waals surface area (Å²) in [6.07, 6.45) is 0.469. The lowest BCUT2D eigenvalue weighted by Gasteiger charge is -2.17. The third kappa shape index (κ3) is 4.47. The fourth-order valence-electron chi connectivity index (χ4n) is 2.49. The number of aryl methyl sites for hydroxylation is 1. The summed E-state index contributed by atoms with van der Waals surface area (Å²) in [4.78, 5) is 12.4. The average molecular weight is 327 g/mol. The molecule has 1 amide bonds. The van der Waals surface area contributed by atoms with Crippen molar-refractivity contribution in [2.45, 2.75) is 60.3 Å². The molecule has 2 aromatic rings. The number of nitrogens with one attached hydrogen (secondary N) is 1. The SMILES string of the molecule is Cc1ccccc1-n1nc(C(C)(C)C)cc1NC(=O)CC(C)(C)C. The summed E-state index contributed by atoms with van der Waals surface area (Å²) in [6.45, 7) is 14.6. The number of rotatable bonds is 3. The number of para-hydroxylation sites is 1. The third-order valence-electron chi connectivity index (χ3n) is 3.78. The summed E-state index contributed by atoms with van der Waals surface area (Å²) in [5, 5.41) is 7.81. The van der Waals surface area contributed by atoms with Crippen LogP contribution in [0.2, 0.25) is 0 Å². The van der Waals surface area contributed by atoms with E-state index in [9.17, 15) is 4.79 Å². The number of carbonyl (C=O) groups is 1. The van der Waals surface area contributed by atoms with Gasteiger partial charge in [0, 0.05) is 17.9 Å². The minimum Gasteiger partial charge on any atom is -0.311 e. The number of anilines is 1. The Hall–Kier alpha value is -2.10. The first kappa shape index (κ1) is 18.2. The molecule has 0 saturated carbocycles. The zero-order valence-corrected chi connectivity index (χ0v) is 15.9. The number of nitrogens with zero attached hydrogens (tertiary/aromatic N) is 2. The van der Waals surface area contributed by atoms with Crippen LogP contribution >= 0.6 is 0 Å². The topological polar surface area (TPSA) is 46.9 Å². The van der Waals surface area contributed by atoms with Gasteiger partial charge in [0.2, 0.25) is 5.91 Å². The zero-order chi connectivity index (χ0) is 18.1. The number of carbonyl (C=O) groups excluding carboxylic acids is 1. The van der Waals surface area contributed by atoms with Crippen molar-refractivity contribution in [1.82, 2.24) is 9.78 Å². The maximum atomic E-state index is 12.4. The van der Waals surface area contributed by atoms with Crippen molar-refractivity contribution in [3.8, 4) is 5.69 Å². The number of aromatic nitrogens is 2. The molecule has 0 aliphatic rings. The maximum Gasteiger partial charge on any atom is 0.226 e. The van der Waals surface area contributed by atoms with Crippen molar-refractivity contribution >= 4 is 11.7 Å². The van der Waals surface area contributed by atoms with Gasteiger partial charge < -0.3 is 5.32 Å². The first-order valence-electron chi connectivity index (χ1n) is 8.44. The molecule has 4 nitrogen and oxygen atoms in total. The number of benzene rings is 1. The van der Waals surface area contributed by atoms with E-state index in [1.54, 1.807) is 0 Å². The van der Waals surface area contributed by atoms with Gasteiger partial charge in [-0.3, -0.25) is 4.79 Å². The van der Waals surface area contributed by atoms with E-state index in [1.807, 2.05) is 28.9 Å². The van der Waals surface area contributed by atoms with E-state index >= 15 is 0 Å². The lowest BCUT2D eigenvalue weighted by molar-refractivity contribution is -0.117. The highest BCUT2D eigenvalue weighted by Gasteiger charge is 2.23. The molecule has 0 saturated heterocycles. The molecule has 24 heavy (non-hydrogen) atoms. The Bertz CT molecular complexity index is 730. The predicted molar refractivity (Wildman–Crippen MR) is 99.7 cm³/mol. The van der Waals surface area contributed by atoms with Crippen LogP contribution in [0.1, 0.15) is 59.2 Å². The van der Waals surface area contributed by atoms with Crippen LogP contribution in [0.5, 0.6) is 0 Å². The molecule has 0 atom stereocenters. The summed E-state index contributed by atoms with van der Waals surface area (Å²) >= 11 is 0. The first-order valence-corrected chi connectivity index (χ1v) is 8.44. The maximum absolute atomic E-state index is 12.4. The summed E-state index contributed by atoms with van der Waals surface area (Å²) in [5.41, 5.74) is 2.92. The van der Waals surface area contributed by atoms with Crippen molar-refractivity contribution in [3.63, 3.8) is 0 Å². The molecule has 4 heteroatoms. The zero-order valence-electron chi connectivity index (χ0n) is 15.9. The number of hydrogen-bond donors (Lipinski definition) is 1. The minimum absolute atomic E-state index is 0.0118. The Balaban J connectivity index is 2.44. The molecule has 130 valence electrons. The normalized spacial score (nSPS) is 12.3. The van der Waals surface area contributed by atoms with Gasteiger partial charge in [0.05, 0.1) is 11.4 Å². The molecular formula is C20H29N3O. The molecule has 0 aliphatic carbocycles. The Morgan fingerprint density at radius 3 is 2.29 bits per heavy atom. The van der Waals surface area contributed by atoms with Crippen molar-refractivity contribution in [2.75, 3.05) is 5.32 Å². The molecule has 1 N–H and O–H groups in total. The predicted octanol–water partition coefficient (Wildman–Crippen LogP) is 4.85. The van der Waals surface area contributed by atoms with Crippen LogP contribution in [-0.4, -0.2) is 15.7 Å². The Morgan fingerprint density at radius 1 is 1.12 bits per heavy atom. The van der Waals surface area contributed by atoms with Gasteiger partial charge >= 0.3 is 0 Å².